The second-order valence-electron chi connectivity index (χ2n) is 4.33. The Bertz CT molecular complexity index is 656. The third kappa shape index (κ3) is 2.71. The lowest BCUT2D eigenvalue weighted by Crippen LogP contribution is -2.07. The van der Waals surface area contributed by atoms with Crippen LogP contribution in [0.15, 0.2) is 36.4 Å². The Morgan fingerprint density at radius 1 is 1.25 bits per heavy atom. The molecule has 0 unspecified atom stereocenters. The molecular formula is C15H15FN2O2. The number of anilines is 3. The summed E-state index contributed by atoms with van der Waals surface area (Å²) >= 11 is 0. The van der Waals surface area contributed by atoms with Gasteiger partial charge in [-0.25, -0.2) is 9.18 Å². The van der Waals surface area contributed by atoms with Crippen molar-refractivity contribution in [1.29, 1.82) is 0 Å². The second-order valence-corrected chi connectivity index (χ2v) is 4.33. The van der Waals surface area contributed by atoms with Gasteiger partial charge in [-0.05, 0) is 37.3 Å². The SMILES string of the molecule is COC(=O)c1cc(N)ccc1Nc1cccc(F)c1C. The Morgan fingerprint density at radius 2 is 2.00 bits per heavy atom. The molecule has 0 aliphatic carbocycles. The molecule has 0 amide bonds. The molecule has 5 heteroatoms. The van der Waals surface area contributed by atoms with Crippen LogP contribution in [0.1, 0.15) is 15.9 Å². The van der Waals surface area contributed by atoms with Crippen LogP contribution >= 0.6 is 0 Å². The smallest absolute Gasteiger partial charge is 0.340 e. The van der Waals surface area contributed by atoms with Gasteiger partial charge in [0.25, 0.3) is 0 Å². The van der Waals surface area contributed by atoms with E-state index in [4.69, 9.17) is 10.5 Å². The standard InChI is InChI=1S/C15H15FN2O2/c1-9-12(16)4-3-5-13(9)18-14-7-6-10(17)8-11(14)15(19)20-2/h3-8,18H,17H2,1-2H3. The summed E-state index contributed by atoms with van der Waals surface area (Å²) in [5.74, 6) is -0.820. The largest absolute Gasteiger partial charge is 0.465 e. The van der Waals surface area contributed by atoms with Gasteiger partial charge in [0.2, 0.25) is 0 Å². The molecule has 0 atom stereocenters. The zero-order chi connectivity index (χ0) is 14.7. The average molecular weight is 274 g/mol. The van der Waals surface area contributed by atoms with E-state index in [0.717, 1.165) is 0 Å². The van der Waals surface area contributed by atoms with E-state index in [9.17, 15) is 9.18 Å². The van der Waals surface area contributed by atoms with Crippen molar-refractivity contribution in [3.8, 4) is 0 Å². The number of esters is 1. The highest BCUT2D eigenvalue weighted by Crippen LogP contribution is 2.26. The van der Waals surface area contributed by atoms with Crippen molar-refractivity contribution in [2.24, 2.45) is 0 Å². The van der Waals surface area contributed by atoms with Crippen molar-refractivity contribution in [1.82, 2.24) is 0 Å². The minimum Gasteiger partial charge on any atom is -0.465 e. The summed E-state index contributed by atoms with van der Waals surface area (Å²) in [6.45, 7) is 1.66. The molecule has 0 fully saturated rings. The van der Waals surface area contributed by atoms with Gasteiger partial charge in [-0.1, -0.05) is 6.07 Å². The van der Waals surface area contributed by atoms with Crippen LogP contribution in [0.3, 0.4) is 0 Å². The molecule has 0 aliphatic rings. The number of hydrogen-bond donors (Lipinski definition) is 2. The van der Waals surface area contributed by atoms with Crippen LogP contribution in [0.25, 0.3) is 0 Å². The van der Waals surface area contributed by atoms with Crippen molar-refractivity contribution >= 4 is 23.0 Å². The quantitative estimate of drug-likeness (QED) is 0.666. The summed E-state index contributed by atoms with van der Waals surface area (Å²) in [6, 6.07) is 9.54. The molecule has 2 aromatic rings. The van der Waals surface area contributed by atoms with Crippen LogP contribution in [0, 0.1) is 12.7 Å². The first-order valence-corrected chi connectivity index (χ1v) is 6.03. The Hall–Kier alpha value is -2.56. The lowest BCUT2D eigenvalue weighted by molar-refractivity contribution is 0.0602. The molecule has 104 valence electrons. The third-order valence-electron chi connectivity index (χ3n) is 2.99. The van der Waals surface area contributed by atoms with Crippen molar-refractivity contribution in [3.63, 3.8) is 0 Å². The number of halogens is 1. The first kappa shape index (κ1) is 13.9. The zero-order valence-electron chi connectivity index (χ0n) is 11.2. The molecule has 3 N–H and O–H groups in total. The van der Waals surface area contributed by atoms with E-state index in [1.54, 1.807) is 31.2 Å². The maximum Gasteiger partial charge on any atom is 0.340 e. The molecular weight excluding hydrogens is 259 g/mol. The van der Waals surface area contributed by atoms with E-state index in [2.05, 4.69) is 5.32 Å². The number of methoxy groups -OCH3 is 1. The van der Waals surface area contributed by atoms with Crippen LogP contribution < -0.4 is 11.1 Å². The van der Waals surface area contributed by atoms with E-state index in [0.29, 0.717) is 28.2 Å². The zero-order valence-corrected chi connectivity index (χ0v) is 11.2. The van der Waals surface area contributed by atoms with Gasteiger partial charge in [-0.2, -0.15) is 0 Å². The number of ether oxygens (including phenoxy) is 1. The van der Waals surface area contributed by atoms with Crippen LogP contribution in [0.4, 0.5) is 21.5 Å². The van der Waals surface area contributed by atoms with Gasteiger partial charge in [0, 0.05) is 16.9 Å². The summed E-state index contributed by atoms with van der Waals surface area (Å²) in [6.07, 6.45) is 0. The predicted octanol–water partition coefficient (Wildman–Crippen LogP) is 3.25. The van der Waals surface area contributed by atoms with Gasteiger partial charge in [0.05, 0.1) is 18.4 Å². The van der Waals surface area contributed by atoms with Crippen molar-refractivity contribution < 1.29 is 13.9 Å². The predicted molar refractivity (Wildman–Crippen MR) is 76.6 cm³/mol. The minimum atomic E-state index is -0.506. The number of nitrogen functional groups attached to an aromatic ring is 1. The van der Waals surface area contributed by atoms with E-state index in [-0.39, 0.29) is 5.82 Å². The molecule has 0 radical (unpaired) electrons. The Morgan fingerprint density at radius 3 is 2.70 bits per heavy atom. The van der Waals surface area contributed by atoms with E-state index in [1.807, 2.05) is 0 Å². The topological polar surface area (TPSA) is 64.3 Å². The van der Waals surface area contributed by atoms with Gasteiger partial charge >= 0.3 is 5.97 Å². The number of nitrogens with two attached hydrogens (primary N) is 1. The van der Waals surface area contributed by atoms with Gasteiger partial charge in [-0.3, -0.25) is 0 Å². The molecule has 0 saturated carbocycles. The lowest BCUT2D eigenvalue weighted by Gasteiger charge is -2.13. The monoisotopic (exact) mass is 274 g/mol. The molecule has 0 aromatic heterocycles. The van der Waals surface area contributed by atoms with Crippen LogP contribution in [0.5, 0.6) is 0 Å². The molecule has 0 heterocycles. The molecule has 2 aromatic carbocycles. The van der Waals surface area contributed by atoms with Crippen LogP contribution in [-0.4, -0.2) is 13.1 Å². The molecule has 0 aliphatic heterocycles. The van der Waals surface area contributed by atoms with Crippen molar-refractivity contribution in [2.45, 2.75) is 6.92 Å². The normalized spacial score (nSPS) is 10.2. The fourth-order valence-corrected chi connectivity index (χ4v) is 1.84. The highest BCUT2D eigenvalue weighted by Gasteiger charge is 2.13. The van der Waals surface area contributed by atoms with Gasteiger partial charge in [0.15, 0.2) is 0 Å². The first-order valence-electron chi connectivity index (χ1n) is 6.03. The Kier molecular flexibility index (Phi) is 3.89. The van der Waals surface area contributed by atoms with Crippen LogP contribution in [0.2, 0.25) is 0 Å². The van der Waals surface area contributed by atoms with E-state index < -0.39 is 5.97 Å². The van der Waals surface area contributed by atoms with Crippen molar-refractivity contribution in [3.05, 3.63) is 53.3 Å². The summed E-state index contributed by atoms with van der Waals surface area (Å²) in [5.41, 5.74) is 7.99. The molecule has 0 saturated heterocycles. The average Bonchev–Trinajstić information content (AvgIpc) is 2.44. The number of carbonyl (C=O) groups excluding carboxylic acids is 1. The summed E-state index contributed by atoms with van der Waals surface area (Å²) in [7, 11) is 1.29. The Labute approximate surface area is 116 Å². The van der Waals surface area contributed by atoms with Crippen LogP contribution in [-0.2, 0) is 4.74 Å². The van der Waals surface area contributed by atoms with Gasteiger partial charge in [0.1, 0.15) is 5.82 Å². The summed E-state index contributed by atoms with van der Waals surface area (Å²) in [5, 5.41) is 3.03. The van der Waals surface area contributed by atoms with E-state index in [1.165, 1.54) is 19.2 Å². The molecule has 0 spiro atoms. The summed E-state index contributed by atoms with van der Waals surface area (Å²) < 4.78 is 18.2. The highest BCUT2D eigenvalue weighted by molar-refractivity contribution is 5.97. The fourth-order valence-electron chi connectivity index (χ4n) is 1.84. The maximum atomic E-state index is 13.5. The number of rotatable bonds is 3. The second kappa shape index (κ2) is 5.61. The molecule has 20 heavy (non-hydrogen) atoms. The van der Waals surface area contributed by atoms with Gasteiger partial charge in [-0.15, -0.1) is 0 Å². The summed E-state index contributed by atoms with van der Waals surface area (Å²) in [4.78, 5) is 11.7. The molecule has 4 nitrogen and oxygen atoms in total. The maximum absolute atomic E-state index is 13.5. The first-order chi connectivity index (χ1) is 9.52. The fraction of sp³-hybridized carbons (Fsp3) is 0.133. The number of nitrogens with one attached hydrogen (secondary N) is 1. The van der Waals surface area contributed by atoms with Gasteiger partial charge < -0.3 is 15.8 Å². The Balaban J connectivity index is 2.43. The molecule has 2 rings (SSSR count). The van der Waals surface area contributed by atoms with Crippen molar-refractivity contribution in [2.75, 3.05) is 18.2 Å². The lowest BCUT2D eigenvalue weighted by atomic mass is 10.1. The third-order valence-corrected chi connectivity index (χ3v) is 2.99. The van der Waals surface area contributed by atoms with E-state index >= 15 is 0 Å². The number of hydrogen-bond acceptors (Lipinski definition) is 4. The number of benzene rings is 2. The molecule has 0 bridgehead atoms. The highest BCUT2D eigenvalue weighted by atomic mass is 19.1. The number of carbonyl (C=O) groups is 1. The minimum absolute atomic E-state index is 0.302.